The van der Waals surface area contributed by atoms with Gasteiger partial charge in [-0.3, -0.25) is 4.90 Å². The van der Waals surface area contributed by atoms with Gasteiger partial charge in [0.1, 0.15) is 0 Å². The highest BCUT2D eigenvalue weighted by atomic mass is 16.4. The maximum absolute atomic E-state index is 10.8. The Morgan fingerprint density at radius 1 is 1.44 bits per heavy atom. The van der Waals surface area contributed by atoms with E-state index in [2.05, 4.69) is 18.7 Å². The highest BCUT2D eigenvalue weighted by Gasteiger charge is 2.21. The summed E-state index contributed by atoms with van der Waals surface area (Å²) in [5.41, 5.74) is 0.534. The molecule has 1 fully saturated rings. The van der Waals surface area contributed by atoms with Gasteiger partial charge in [-0.15, -0.1) is 0 Å². The fourth-order valence-electron chi connectivity index (χ4n) is 2.14. The van der Waals surface area contributed by atoms with E-state index in [-0.39, 0.29) is 0 Å². The molecule has 1 rings (SSSR count). The Morgan fingerprint density at radius 3 is 2.62 bits per heavy atom. The molecule has 3 heteroatoms. The van der Waals surface area contributed by atoms with Gasteiger partial charge in [-0.1, -0.05) is 26.8 Å². The summed E-state index contributed by atoms with van der Waals surface area (Å²) in [5, 5.41) is 8.91. The number of carboxylic acid groups (broad SMARTS) is 1. The zero-order valence-corrected chi connectivity index (χ0v) is 10.6. The van der Waals surface area contributed by atoms with Crippen LogP contribution in [0.5, 0.6) is 0 Å². The molecule has 1 heterocycles. The molecule has 0 amide bonds. The highest BCUT2D eigenvalue weighted by Crippen LogP contribution is 2.22. The zero-order chi connectivity index (χ0) is 12.1. The van der Waals surface area contributed by atoms with Gasteiger partial charge in [-0.2, -0.15) is 0 Å². The first kappa shape index (κ1) is 13.2. The number of nitrogens with zero attached hydrogens (tertiary/aromatic N) is 1. The highest BCUT2D eigenvalue weighted by molar-refractivity contribution is 5.86. The average Bonchev–Trinajstić information content (AvgIpc) is 2.23. The molecular weight excluding hydrogens is 202 g/mol. The Balaban J connectivity index is 2.46. The van der Waals surface area contributed by atoms with Gasteiger partial charge in [0.25, 0.3) is 0 Å². The summed E-state index contributed by atoms with van der Waals surface area (Å²) in [6, 6.07) is 0. The fraction of sp³-hybridized carbons (Fsp3) is 0.769. The number of hydrogen-bond donors (Lipinski definition) is 1. The summed E-state index contributed by atoms with van der Waals surface area (Å²) in [7, 11) is 0. The molecule has 1 aliphatic rings. The third kappa shape index (κ3) is 3.63. The molecule has 0 saturated carbocycles. The van der Waals surface area contributed by atoms with Crippen LogP contribution < -0.4 is 0 Å². The number of hydrogen-bond acceptors (Lipinski definition) is 2. The Bertz CT molecular complexity index is 273. The Labute approximate surface area is 98.1 Å². The third-order valence-electron chi connectivity index (χ3n) is 3.67. The van der Waals surface area contributed by atoms with Crippen molar-refractivity contribution in [2.24, 2.45) is 11.8 Å². The van der Waals surface area contributed by atoms with Gasteiger partial charge in [0.05, 0.1) is 0 Å². The summed E-state index contributed by atoms with van der Waals surface area (Å²) in [6.45, 7) is 9.44. The molecule has 2 atom stereocenters. The van der Waals surface area contributed by atoms with Crippen molar-refractivity contribution in [3.05, 3.63) is 11.6 Å². The summed E-state index contributed by atoms with van der Waals surface area (Å²) < 4.78 is 0. The first-order valence-electron chi connectivity index (χ1n) is 6.19. The lowest BCUT2D eigenvalue weighted by molar-refractivity contribution is -0.132. The second kappa shape index (κ2) is 6.04. The molecule has 0 aromatic carbocycles. The molecular formula is C13H23NO2. The molecule has 1 N–H and O–H groups in total. The maximum Gasteiger partial charge on any atom is 0.331 e. The fourth-order valence-corrected chi connectivity index (χ4v) is 2.14. The van der Waals surface area contributed by atoms with E-state index in [1.807, 2.05) is 13.0 Å². The van der Waals surface area contributed by atoms with Crippen LogP contribution in [0.2, 0.25) is 0 Å². The molecule has 16 heavy (non-hydrogen) atoms. The SMILES string of the molecule is CCC(=CCN1CCC(C)C(C)C1)C(=O)O. The summed E-state index contributed by atoms with van der Waals surface area (Å²) in [4.78, 5) is 13.2. The normalized spacial score (nSPS) is 28.1. The first-order chi connectivity index (χ1) is 7.54. The van der Waals surface area contributed by atoms with E-state index in [1.165, 1.54) is 6.42 Å². The van der Waals surface area contributed by atoms with Crippen molar-refractivity contribution in [1.82, 2.24) is 4.90 Å². The van der Waals surface area contributed by atoms with Crippen molar-refractivity contribution >= 4 is 5.97 Å². The molecule has 0 aliphatic carbocycles. The van der Waals surface area contributed by atoms with Gasteiger partial charge >= 0.3 is 5.97 Å². The monoisotopic (exact) mass is 225 g/mol. The van der Waals surface area contributed by atoms with Gasteiger partial charge in [0, 0.05) is 18.7 Å². The summed E-state index contributed by atoms with van der Waals surface area (Å²) in [5.74, 6) is 0.739. The van der Waals surface area contributed by atoms with Crippen LogP contribution in [-0.4, -0.2) is 35.6 Å². The topological polar surface area (TPSA) is 40.5 Å². The minimum absolute atomic E-state index is 0.534. The van der Waals surface area contributed by atoms with Gasteiger partial charge < -0.3 is 5.11 Å². The summed E-state index contributed by atoms with van der Waals surface area (Å²) in [6.07, 6.45) is 3.70. The number of aliphatic carboxylic acids is 1. The number of likely N-dealkylation sites (tertiary alicyclic amines) is 1. The smallest absolute Gasteiger partial charge is 0.331 e. The van der Waals surface area contributed by atoms with E-state index in [0.717, 1.165) is 31.5 Å². The van der Waals surface area contributed by atoms with Crippen LogP contribution in [0, 0.1) is 11.8 Å². The minimum Gasteiger partial charge on any atom is -0.478 e. The third-order valence-corrected chi connectivity index (χ3v) is 3.67. The number of rotatable bonds is 4. The van der Waals surface area contributed by atoms with Crippen molar-refractivity contribution in [3.63, 3.8) is 0 Å². The lowest BCUT2D eigenvalue weighted by atomic mass is 9.89. The van der Waals surface area contributed by atoms with Gasteiger partial charge in [-0.25, -0.2) is 4.79 Å². The molecule has 2 unspecified atom stereocenters. The lowest BCUT2D eigenvalue weighted by Crippen LogP contribution is -2.38. The Hall–Kier alpha value is -0.830. The molecule has 0 aromatic heterocycles. The van der Waals surface area contributed by atoms with E-state index in [4.69, 9.17) is 5.11 Å². The van der Waals surface area contributed by atoms with Crippen LogP contribution in [0.4, 0.5) is 0 Å². The molecule has 3 nitrogen and oxygen atoms in total. The average molecular weight is 225 g/mol. The minimum atomic E-state index is -0.777. The van der Waals surface area contributed by atoms with E-state index in [9.17, 15) is 4.79 Å². The van der Waals surface area contributed by atoms with Crippen LogP contribution in [0.1, 0.15) is 33.6 Å². The standard InChI is InChI=1S/C13H23NO2/c1-4-12(13(15)16)6-8-14-7-5-10(2)11(3)9-14/h6,10-11H,4-5,7-9H2,1-3H3,(H,15,16). The van der Waals surface area contributed by atoms with Gasteiger partial charge in [0.15, 0.2) is 0 Å². The second-order valence-corrected chi connectivity index (χ2v) is 4.89. The van der Waals surface area contributed by atoms with Crippen molar-refractivity contribution in [3.8, 4) is 0 Å². The van der Waals surface area contributed by atoms with E-state index < -0.39 is 5.97 Å². The number of carboxylic acids is 1. The van der Waals surface area contributed by atoms with Crippen molar-refractivity contribution in [2.75, 3.05) is 19.6 Å². The Kier molecular flexibility index (Phi) is 5.00. The van der Waals surface area contributed by atoms with Crippen LogP contribution in [0.15, 0.2) is 11.6 Å². The van der Waals surface area contributed by atoms with E-state index >= 15 is 0 Å². The van der Waals surface area contributed by atoms with Crippen molar-refractivity contribution < 1.29 is 9.90 Å². The molecule has 0 aromatic rings. The van der Waals surface area contributed by atoms with Gasteiger partial charge in [-0.05, 0) is 31.2 Å². The Morgan fingerprint density at radius 2 is 2.12 bits per heavy atom. The summed E-state index contributed by atoms with van der Waals surface area (Å²) >= 11 is 0. The zero-order valence-electron chi connectivity index (χ0n) is 10.6. The van der Waals surface area contributed by atoms with Crippen molar-refractivity contribution in [1.29, 1.82) is 0 Å². The van der Waals surface area contributed by atoms with E-state index in [0.29, 0.717) is 12.0 Å². The van der Waals surface area contributed by atoms with Crippen LogP contribution in [0.25, 0.3) is 0 Å². The molecule has 0 bridgehead atoms. The first-order valence-corrected chi connectivity index (χ1v) is 6.19. The predicted molar refractivity (Wildman–Crippen MR) is 65.4 cm³/mol. The van der Waals surface area contributed by atoms with Crippen LogP contribution >= 0.6 is 0 Å². The maximum atomic E-state index is 10.8. The van der Waals surface area contributed by atoms with Crippen molar-refractivity contribution in [2.45, 2.75) is 33.6 Å². The van der Waals surface area contributed by atoms with Crippen LogP contribution in [-0.2, 0) is 4.79 Å². The molecule has 1 aliphatic heterocycles. The molecule has 0 spiro atoms. The van der Waals surface area contributed by atoms with Gasteiger partial charge in [0.2, 0.25) is 0 Å². The second-order valence-electron chi connectivity index (χ2n) is 4.89. The molecule has 0 radical (unpaired) electrons. The molecule has 1 saturated heterocycles. The lowest BCUT2D eigenvalue weighted by Gasteiger charge is -2.34. The molecule has 92 valence electrons. The quantitative estimate of drug-likeness (QED) is 0.747. The predicted octanol–water partition coefficient (Wildman–Crippen LogP) is 2.39. The van der Waals surface area contributed by atoms with E-state index in [1.54, 1.807) is 0 Å². The largest absolute Gasteiger partial charge is 0.478 e. The number of carbonyl (C=O) groups is 1. The number of piperidine rings is 1. The van der Waals surface area contributed by atoms with Crippen LogP contribution in [0.3, 0.4) is 0 Å².